The number of amides is 2. The Morgan fingerprint density at radius 1 is 0.595 bits per heavy atom. The zero-order valence-electron chi connectivity index (χ0n) is 22.4. The summed E-state index contributed by atoms with van der Waals surface area (Å²) in [5.74, 6) is -10.8. The molecule has 0 radical (unpaired) electrons. The van der Waals surface area contributed by atoms with Gasteiger partial charge in [-0.2, -0.15) is 0 Å². The highest BCUT2D eigenvalue weighted by Crippen LogP contribution is 2.31. The number of fused-ring (bicyclic) bond motifs is 2. The molecule has 13 nitrogen and oxygen atoms in total. The predicted octanol–water partition coefficient (Wildman–Crippen LogP) is 0.267. The molecule has 2 N–H and O–H groups in total. The minimum absolute atomic E-state index is 0.0390. The van der Waals surface area contributed by atoms with Crippen molar-refractivity contribution >= 4 is 52.7 Å². The van der Waals surface area contributed by atoms with Gasteiger partial charge in [0.15, 0.2) is 40.8 Å². The van der Waals surface area contributed by atoms with Gasteiger partial charge in [-0.05, 0) is 38.1 Å². The van der Waals surface area contributed by atoms with Crippen LogP contribution < -0.4 is 10.6 Å². The average molecular weight is 577 g/mol. The predicted molar refractivity (Wildman–Crippen MR) is 140 cm³/mol. The maximum atomic E-state index is 13.3. The van der Waals surface area contributed by atoms with Crippen molar-refractivity contribution in [3.8, 4) is 0 Å². The number of rotatable bonds is 10. The number of carbonyl (C=O) groups is 9. The number of ether oxygens (including phenoxy) is 2. The topological polar surface area (TPSA) is 196 Å². The summed E-state index contributed by atoms with van der Waals surface area (Å²) in [6, 6.07) is 7.32. The molecule has 0 heterocycles. The molecule has 13 heteroatoms. The highest BCUT2D eigenvalue weighted by molar-refractivity contribution is 6.37. The summed E-state index contributed by atoms with van der Waals surface area (Å²) < 4.78 is 9.41. The molecule has 0 aromatic heterocycles. The quantitative estimate of drug-likeness (QED) is 0.224. The normalized spacial score (nSPS) is 16.9. The second-order valence-corrected chi connectivity index (χ2v) is 9.22. The van der Waals surface area contributed by atoms with Crippen molar-refractivity contribution < 1.29 is 52.6 Å². The van der Waals surface area contributed by atoms with Crippen LogP contribution in [0.15, 0.2) is 36.4 Å². The van der Waals surface area contributed by atoms with Crippen molar-refractivity contribution in [2.75, 3.05) is 26.3 Å². The van der Waals surface area contributed by atoms with Crippen molar-refractivity contribution in [3.05, 3.63) is 69.8 Å². The Kier molecular flexibility index (Phi) is 8.50. The Balaban J connectivity index is 1.51. The summed E-state index contributed by atoms with van der Waals surface area (Å²) in [7, 11) is 0. The third kappa shape index (κ3) is 5.48. The van der Waals surface area contributed by atoms with Crippen LogP contribution in [0.5, 0.6) is 0 Å². The van der Waals surface area contributed by atoms with E-state index in [-0.39, 0.29) is 46.6 Å². The molecule has 2 aliphatic rings. The van der Waals surface area contributed by atoms with Crippen LogP contribution in [0.1, 0.15) is 71.2 Å². The zero-order chi connectivity index (χ0) is 30.7. The molecule has 0 spiro atoms. The Morgan fingerprint density at radius 2 is 0.952 bits per heavy atom. The molecule has 0 bridgehead atoms. The van der Waals surface area contributed by atoms with E-state index < -0.39 is 77.6 Å². The third-order valence-electron chi connectivity index (χ3n) is 6.62. The Morgan fingerprint density at radius 3 is 1.31 bits per heavy atom. The van der Waals surface area contributed by atoms with Crippen LogP contribution in [-0.4, -0.2) is 79.0 Å². The van der Waals surface area contributed by atoms with E-state index in [1.54, 1.807) is 13.8 Å². The number of hydrogen-bond donors (Lipinski definition) is 2. The first-order valence-corrected chi connectivity index (χ1v) is 12.9. The van der Waals surface area contributed by atoms with Gasteiger partial charge >= 0.3 is 11.9 Å². The fraction of sp³-hybridized carbons (Fsp3) is 0.276. The van der Waals surface area contributed by atoms with Crippen LogP contribution in [0.4, 0.5) is 0 Å². The molecule has 2 amide bonds. The molecular formula is C29H24N2O11. The number of carbonyl (C=O) groups excluding carboxylic acids is 9. The lowest BCUT2D eigenvalue weighted by atomic mass is 9.96. The molecule has 0 saturated heterocycles. The molecule has 0 aliphatic heterocycles. The van der Waals surface area contributed by atoms with Gasteiger partial charge in [-0.25, -0.2) is 0 Å². The van der Waals surface area contributed by atoms with Crippen molar-refractivity contribution in [2.45, 2.75) is 13.8 Å². The maximum absolute atomic E-state index is 13.3. The fourth-order valence-corrected chi connectivity index (χ4v) is 4.66. The standard InChI is InChI=1S/C29H24N2O11/c1-3-41-19(32)11-30-28(39)21-24(35)15-7-5-13(9-17(15)26(21)37)23(34)14-6-8-16-18(10-14)27(38)22(25(16)36)29(40)31-12-20(33)42-4-2/h5-10,21-22H,3-4,11-12H2,1-2H3,(H,30,39)(H,31,40). The van der Waals surface area contributed by atoms with Gasteiger partial charge in [-0.15, -0.1) is 0 Å². The molecule has 2 aromatic carbocycles. The maximum Gasteiger partial charge on any atom is 0.325 e. The zero-order valence-corrected chi connectivity index (χ0v) is 22.4. The first-order chi connectivity index (χ1) is 20.0. The van der Waals surface area contributed by atoms with E-state index in [0.717, 1.165) is 12.1 Å². The number of hydrogen-bond acceptors (Lipinski definition) is 11. The SMILES string of the molecule is CCOC(=O)CNC(=O)C1C(=O)c2ccc(C(=O)c3ccc4c(c3)C(=O)C(C(=O)NCC(=O)OCC)C4=O)cc2C1=O. The van der Waals surface area contributed by atoms with Crippen molar-refractivity contribution in [2.24, 2.45) is 11.8 Å². The molecule has 0 saturated carbocycles. The number of Topliss-reactive ketones (excluding diaryl/α,β-unsaturated/α-hetero) is 4. The van der Waals surface area contributed by atoms with E-state index in [2.05, 4.69) is 10.6 Å². The van der Waals surface area contributed by atoms with E-state index in [0.29, 0.717) is 0 Å². The van der Waals surface area contributed by atoms with E-state index in [4.69, 9.17) is 9.47 Å². The second kappa shape index (κ2) is 12.0. The lowest BCUT2D eigenvalue weighted by molar-refractivity contribution is -0.144. The first-order valence-electron chi connectivity index (χ1n) is 12.9. The summed E-state index contributed by atoms with van der Waals surface area (Å²) in [5.41, 5.74) is -0.537. The Labute approximate surface area is 237 Å². The van der Waals surface area contributed by atoms with Crippen LogP contribution in [0.2, 0.25) is 0 Å². The van der Waals surface area contributed by atoms with E-state index in [1.807, 2.05) is 0 Å². The number of benzene rings is 2. The van der Waals surface area contributed by atoms with Crippen molar-refractivity contribution in [3.63, 3.8) is 0 Å². The van der Waals surface area contributed by atoms with Crippen LogP contribution >= 0.6 is 0 Å². The van der Waals surface area contributed by atoms with Gasteiger partial charge in [0.1, 0.15) is 13.1 Å². The minimum atomic E-state index is -1.73. The van der Waals surface area contributed by atoms with Gasteiger partial charge in [-0.1, -0.05) is 12.1 Å². The third-order valence-corrected chi connectivity index (χ3v) is 6.62. The molecule has 2 unspecified atom stereocenters. The van der Waals surface area contributed by atoms with Crippen LogP contribution in [0, 0.1) is 11.8 Å². The van der Waals surface area contributed by atoms with E-state index in [1.165, 1.54) is 24.3 Å². The summed E-state index contributed by atoms with van der Waals surface area (Å²) in [6.07, 6.45) is 0. The molecule has 4 rings (SSSR count). The molecule has 2 aromatic rings. The largest absolute Gasteiger partial charge is 0.465 e. The average Bonchev–Trinajstić information content (AvgIpc) is 3.37. The van der Waals surface area contributed by atoms with Gasteiger partial charge in [0.2, 0.25) is 11.8 Å². The molecule has 2 atom stereocenters. The number of esters is 2. The number of ketones is 5. The summed E-state index contributed by atoms with van der Waals surface area (Å²) in [6.45, 7) is 2.26. The monoisotopic (exact) mass is 576 g/mol. The molecule has 216 valence electrons. The fourth-order valence-electron chi connectivity index (χ4n) is 4.66. The van der Waals surface area contributed by atoms with Crippen molar-refractivity contribution in [1.82, 2.24) is 10.6 Å². The van der Waals surface area contributed by atoms with Gasteiger partial charge < -0.3 is 20.1 Å². The summed E-state index contributed by atoms with van der Waals surface area (Å²) >= 11 is 0. The molecular weight excluding hydrogens is 552 g/mol. The van der Waals surface area contributed by atoms with Gasteiger partial charge in [0, 0.05) is 33.4 Å². The molecule has 2 aliphatic carbocycles. The van der Waals surface area contributed by atoms with Crippen molar-refractivity contribution in [1.29, 1.82) is 0 Å². The van der Waals surface area contributed by atoms with E-state index >= 15 is 0 Å². The molecule has 0 fully saturated rings. The van der Waals surface area contributed by atoms with Gasteiger partial charge in [0.05, 0.1) is 13.2 Å². The highest BCUT2D eigenvalue weighted by Gasteiger charge is 2.45. The van der Waals surface area contributed by atoms with Crippen LogP contribution in [-0.2, 0) is 28.7 Å². The lowest BCUT2D eigenvalue weighted by Crippen LogP contribution is -2.39. The van der Waals surface area contributed by atoms with Gasteiger partial charge in [0.25, 0.3) is 0 Å². The minimum Gasteiger partial charge on any atom is -0.465 e. The van der Waals surface area contributed by atoms with Gasteiger partial charge in [-0.3, -0.25) is 43.2 Å². The van der Waals surface area contributed by atoms with E-state index in [9.17, 15) is 43.2 Å². The van der Waals surface area contributed by atoms with Crippen LogP contribution in [0.25, 0.3) is 0 Å². The molecule has 42 heavy (non-hydrogen) atoms. The smallest absolute Gasteiger partial charge is 0.325 e. The highest BCUT2D eigenvalue weighted by atomic mass is 16.5. The van der Waals surface area contributed by atoms with Crippen LogP contribution in [0.3, 0.4) is 0 Å². The number of nitrogens with one attached hydrogen (secondary N) is 2. The lowest BCUT2D eigenvalue weighted by Gasteiger charge is -2.08. The summed E-state index contributed by atoms with van der Waals surface area (Å²) in [5, 5.41) is 4.39. The Hall–Kier alpha value is -5.33. The summed E-state index contributed by atoms with van der Waals surface area (Å²) in [4.78, 5) is 113. The Bertz CT molecular complexity index is 1470. The first kappa shape index (κ1) is 29.6. The second-order valence-electron chi connectivity index (χ2n) is 9.22.